The van der Waals surface area contributed by atoms with Crippen molar-refractivity contribution < 1.29 is 14.4 Å². The first-order valence-corrected chi connectivity index (χ1v) is 11.7. The number of imide groups is 1. The first-order valence-electron chi connectivity index (χ1n) is 11.3. The summed E-state index contributed by atoms with van der Waals surface area (Å²) in [5, 5.41) is 2.81. The first kappa shape index (κ1) is 23.1. The Morgan fingerprint density at radius 2 is 1.73 bits per heavy atom. The number of amides is 3. The molecule has 2 aliphatic rings. The van der Waals surface area contributed by atoms with E-state index < -0.39 is 11.8 Å². The van der Waals surface area contributed by atoms with Gasteiger partial charge in [0.15, 0.2) is 0 Å². The van der Waals surface area contributed by atoms with E-state index in [0.717, 1.165) is 41.7 Å². The smallest absolute Gasteiger partial charge is 0.283 e. The highest BCUT2D eigenvalue weighted by atomic mass is 35.5. The Balaban J connectivity index is 1.55. The van der Waals surface area contributed by atoms with Crippen molar-refractivity contribution in [2.45, 2.75) is 52.0 Å². The van der Waals surface area contributed by atoms with Gasteiger partial charge >= 0.3 is 0 Å². The van der Waals surface area contributed by atoms with Crippen LogP contribution in [0.2, 0.25) is 0 Å². The Labute approximate surface area is 199 Å². The van der Waals surface area contributed by atoms with Crippen molar-refractivity contribution in [2.75, 3.05) is 17.3 Å². The minimum Gasteiger partial charge on any atom is -0.350 e. The number of carbonyl (C=O) groups is 3. The van der Waals surface area contributed by atoms with Crippen LogP contribution in [0, 0.1) is 13.8 Å². The number of nitrogens with zero attached hydrogens (tertiary/aromatic N) is 2. The summed E-state index contributed by atoms with van der Waals surface area (Å²) < 4.78 is 0. The predicted octanol–water partition coefficient (Wildman–Crippen LogP) is 5.14. The number of carbonyl (C=O) groups excluding carboxylic acids is 3. The summed E-state index contributed by atoms with van der Waals surface area (Å²) >= 11 is 6.29. The van der Waals surface area contributed by atoms with E-state index in [9.17, 15) is 14.4 Å². The molecular formula is C26H28ClN3O3. The van der Waals surface area contributed by atoms with Crippen molar-refractivity contribution in [3.05, 3.63) is 69.9 Å². The standard InChI is InChI=1S/C26H28ClN3O3/c1-16-9-7-14-21(17(16)2)30-25(32)22(27)23(26(30)33)28-19-11-8-10-18(15-19)24(31)29(3)20-12-5-4-6-13-20/h7-11,14-15,20,28H,4-6,12-13H2,1-3H3. The van der Waals surface area contributed by atoms with Crippen LogP contribution in [-0.2, 0) is 9.59 Å². The van der Waals surface area contributed by atoms with Crippen LogP contribution in [0.4, 0.5) is 11.4 Å². The van der Waals surface area contributed by atoms with Gasteiger partial charge in [-0.25, -0.2) is 4.90 Å². The lowest BCUT2D eigenvalue weighted by molar-refractivity contribution is -0.120. The normalized spacial score (nSPS) is 17.0. The van der Waals surface area contributed by atoms with Gasteiger partial charge in [-0.05, 0) is 62.1 Å². The molecule has 1 heterocycles. The van der Waals surface area contributed by atoms with Crippen molar-refractivity contribution in [1.29, 1.82) is 0 Å². The van der Waals surface area contributed by atoms with Crippen molar-refractivity contribution in [3.8, 4) is 0 Å². The molecule has 1 saturated carbocycles. The third kappa shape index (κ3) is 4.40. The average Bonchev–Trinajstić information content (AvgIpc) is 3.04. The topological polar surface area (TPSA) is 69.7 Å². The van der Waals surface area contributed by atoms with Gasteiger partial charge in [0, 0.05) is 24.3 Å². The zero-order valence-electron chi connectivity index (χ0n) is 19.2. The Morgan fingerprint density at radius 1 is 1.03 bits per heavy atom. The van der Waals surface area contributed by atoms with Gasteiger partial charge in [-0.3, -0.25) is 14.4 Å². The van der Waals surface area contributed by atoms with Gasteiger partial charge in [0.25, 0.3) is 17.7 Å². The summed E-state index contributed by atoms with van der Waals surface area (Å²) in [6.45, 7) is 3.79. The number of benzene rings is 2. The summed E-state index contributed by atoms with van der Waals surface area (Å²) in [7, 11) is 1.85. The predicted molar refractivity (Wildman–Crippen MR) is 130 cm³/mol. The molecule has 0 spiro atoms. The van der Waals surface area contributed by atoms with Gasteiger partial charge in [-0.15, -0.1) is 0 Å². The lowest BCUT2D eigenvalue weighted by Crippen LogP contribution is -2.38. The van der Waals surface area contributed by atoms with E-state index >= 15 is 0 Å². The van der Waals surface area contributed by atoms with Crippen LogP contribution in [0.25, 0.3) is 0 Å². The van der Waals surface area contributed by atoms with Gasteiger partial charge < -0.3 is 10.2 Å². The van der Waals surface area contributed by atoms with Crippen LogP contribution in [0.15, 0.2) is 53.2 Å². The number of halogens is 1. The highest BCUT2D eigenvalue weighted by molar-refractivity contribution is 6.53. The lowest BCUT2D eigenvalue weighted by Gasteiger charge is -2.31. The molecule has 0 saturated heterocycles. The number of rotatable bonds is 5. The summed E-state index contributed by atoms with van der Waals surface area (Å²) in [5.41, 5.74) is 3.37. The second-order valence-corrected chi connectivity index (χ2v) is 9.15. The molecular weight excluding hydrogens is 438 g/mol. The molecule has 33 heavy (non-hydrogen) atoms. The molecule has 6 nitrogen and oxygen atoms in total. The molecule has 0 unspecified atom stereocenters. The molecule has 0 radical (unpaired) electrons. The van der Waals surface area contributed by atoms with Gasteiger partial charge in [0.2, 0.25) is 0 Å². The zero-order chi connectivity index (χ0) is 23.7. The van der Waals surface area contributed by atoms with Gasteiger partial charge in [0.1, 0.15) is 10.7 Å². The summed E-state index contributed by atoms with van der Waals surface area (Å²) in [4.78, 5) is 42.0. The largest absolute Gasteiger partial charge is 0.350 e. The number of anilines is 2. The van der Waals surface area contributed by atoms with E-state index in [2.05, 4.69) is 5.32 Å². The molecule has 1 aliphatic heterocycles. The Morgan fingerprint density at radius 3 is 2.45 bits per heavy atom. The number of hydrogen-bond acceptors (Lipinski definition) is 4. The molecule has 7 heteroatoms. The molecule has 1 N–H and O–H groups in total. The van der Waals surface area contributed by atoms with Crippen LogP contribution >= 0.6 is 11.6 Å². The summed E-state index contributed by atoms with van der Waals surface area (Å²) in [5.74, 6) is -1.15. The van der Waals surface area contributed by atoms with Gasteiger partial charge in [-0.1, -0.05) is 49.1 Å². The molecule has 4 rings (SSSR count). The average molecular weight is 466 g/mol. The van der Waals surface area contributed by atoms with E-state index in [1.54, 1.807) is 36.4 Å². The van der Waals surface area contributed by atoms with E-state index in [-0.39, 0.29) is 22.7 Å². The zero-order valence-corrected chi connectivity index (χ0v) is 19.9. The molecule has 0 atom stereocenters. The fourth-order valence-electron chi connectivity index (χ4n) is 4.52. The third-order valence-corrected chi connectivity index (χ3v) is 7.02. The van der Waals surface area contributed by atoms with Gasteiger partial charge in [-0.2, -0.15) is 0 Å². The maximum absolute atomic E-state index is 13.2. The fraction of sp³-hybridized carbons (Fsp3) is 0.346. The SMILES string of the molecule is Cc1cccc(N2C(=O)C(Cl)=C(Nc3cccc(C(=O)N(C)C4CCCCC4)c3)C2=O)c1C. The van der Waals surface area contributed by atoms with Crippen LogP contribution in [0.3, 0.4) is 0 Å². The Kier molecular flexibility index (Phi) is 6.56. The maximum atomic E-state index is 13.2. The second-order valence-electron chi connectivity index (χ2n) is 8.77. The van der Waals surface area contributed by atoms with E-state index in [4.69, 9.17) is 11.6 Å². The summed E-state index contributed by atoms with van der Waals surface area (Å²) in [6, 6.07) is 12.6. The molecule has 0 bridgehead atoms. The van der Waals surface area contributed by atoms with Crippen LogP contribution < -0.4 is 10.2 Å². The van der Waals surface area contributed by atoms with E-state index in [1.165, 1.54) is 6.42 Å². The van der Waals surface area contributed by atoms with Crippen molar-refractivity contribution in [2.24, 2.45) is 0 Å². The molecule has 2 aromatic rings. The highest BCUT2D eigenvalue weighted by Gasteiger charge is 2.39. The Bertz CT molecular complexity index is 1150. The minimum absolute atomic E-state index is 0.00723. The monoisotopic (exact) mass is 465 g/mol. The number of nitrogens with one attached hydrogen (secondary N) is 1. The maximum Gasteiger partial charge on any atom is 0.283 e. The minimum atomic E-state index is -0.567. The molecule has 0 aromatic heterocycles. The van der Waals surface area contributed by atoms with Crippen molar-refractivity contribution >= 4 is 40.7 Å². The second kappa shape index (κ2) is 9.40. The van der Waals surface area contributed by atoms with Crippen molar-refractivity contribution in [1.82, 2.24) is 4.90 Å². The molecule has 3 amide bonds. The number of hydrogen-bond donors (Lipinski definition) is 1. The molecule has 1 fully saturated rings. The van der Waals surface area contributed by atoms with Crippen LogP contribution in [-0.4, -0.2) is 35.7 Å². The van der Waals surface area contributed by atoms with E-state index in [1.807, 2.05) is 31.9 Å². The Hall–Kier alpha value is -3.12. The molecule has 2 aromatic carbocycles. The van der Waals surface area contributed by atoms with Crippen molar-refractivity contribution in [3.63, 3.8) is 0 Å². The highest BCUT2D eigenvalue weighted by Crippen LogP contribution is 2.33. The lowest BCUT2D eigenvalue weighted by atomic mass is 9.94. The van der Waals surface area contributed by atoms with Gasteiger partial charge in [0.05, 0.1) is 5.69 Å². The van der Waals surface area contributed by atoms with E-state index in [0.29, 0.717) is 16.9 Å². The van der Waals surface area contributed by atoms with Crippen LogP contribution in [0.1, 0.15) is 53.6 Å². The fourth-order valence-corrected chi connectivity index (χ4v) is 4.73. The molecule has 1 aliphatic carbocycles. The third-order valence-electron chi connectivity index (χ3n) is 6.67. The van der Waals surface area contributed by atoms with Crippen LogP contribution in [0.5, 0.6) is 0 Å². The summed E-state index contributed by atoms with van der Waals surface area (Å²) in [6.07, 6.45) is 5.55. The molecule has 172 valence electrons. The number of aryl methyl sites for hydroxylation is 1. The first-order chi connectivity index (χ1) is 15.8. The quantitative estimate of drug-likeness (QED) is 0.620.